The maximum absolute atomic E-state index is 11.1. The van der Waals surface area contributed by atoms with Gasteiger partial charge in [-0.05, 0) is 12.1 Å². The number of hydrazone groups is 1. The van der Waals surface area contributed by atoms with Gasteiger partial charge in [0.05, 0.1) is 30.5 Å². The predicted octanol–water partition coefficient (Wildman–Crippen LogP) is 1.54. The zero-order chi connectivity index (χ0) is 12.8. The van der Waals surface area contributed by atoms with Crippen LogP contribution in [-0.2, 0) is 4.79 Å². The van der Waals surface area contributed by atoms with Gasteiger partial charge in [0, 0.05) is 0 Å². The zero-order valence-corrected chi connectivity index (χ0v) is 10.5. The predicted molar refractivity (Wildman–Crippen MR) is 72.1 cm³/mol. The molecular formula is C12H12N4OS. The largest absolute Gasteiger partial charge is 0.303 e. The van der Waals surface area contributed by atoms with Crippen molar-refractivity contribution in [2.24, 2.45) is 5.10 Å². The maximum Gasteiger partial charge on any atom is 0.236 e. The van der Waals surface area contributed by atoms with E-state index in [1.807, 2.05) is 30.3 Å². The first-order valence-corrected chi connectivity index (χ1v) is 6.49. The second kappa shape index (κ2) is 6.07. The minimum atomic E-state index is -0.0351. The number of benzene rings is 1. The molecule has 92 valence electrons. The molecule has 1 amide bonds. The molecular weight excluding hydrogens is 248 g/mol. The molecule has 18 heavy (non-hydrogen) atoms. The highest BCUT2D eigenvalue weighted by molar-refractivity contribution is 8.15. The number of hydrogen-bond acceptors (Lipinski definition) is 5. The van der Waals surface area contributed by atoms with E-state index in [0.717, 1.165) is 5.69 Å². The van der Waals surface area contributed by atoms with E-state index >= 15 is 0 Å². The van der Waals surface area contributed by atoms with Crippen molar-refractivity contribution in [1.82, 2.24) is 5.32 Å². The Balaban J connectivity index is 2.16. The lowest BCUT2D eigenvalue weighted by Crippen LogP contribution is -2.25. The summed E-state index contributed by atoms with van der Waals surface area (Å²) in [5.41, 5.74) is 0.905. The van der Waals surface area contributed by atoms with Crippen LogP contribution in [0.25, 0.3) is 0 Å². The average molecular weight is 260 g/mol. The fourth-order valence-electron chi connectivity index (χ4n) is 1.48. The number of rotatable bonds is 4. The molecule has 5 nitrogen and oxygen atoms in total. The third-order valence-corrected chi connectivity index (χ3v) is 3.15. The molecule has 6 heteroatoms. The molecule has 0 saturated carbocycles. The van der Waals surface area contributed by atoms with E-state index in [1.165, 1.54) is 11.8 Å². The molecule has 1 N–H and O–H groups in total. The number of carbonyl (C=O) groups is 1. The van der Waals surface area contributed by atoms with Gasteiger partial charge in [-0.3, -0.25) is 9.80 Å². The summed E-state index contributed by atoms with van der Waals surface area (Å²) in [6.45, 7) is 0.500. The van der Waals surface area contributed by atoms with Gasteiger partial charge in [-0.25, -0.2) is 0 Å². The van der Waals surface area contributed by atoms with Gasteiger partial charge < -0.3 is 5.32 Å². The van der Waals surface area contributed by atoms with Crippen LogP contribution in [0.2, 0.25) is 0 Å². The molecule has 0 unspecified atom stereocenters. The first kappa shape index (κ1) is 12.5. The van der Waals surface area contributed by atoms with Gasteiger partial charge in [0.2, 0.25) is 5.91 Å². The molecule has 0 aliphatic carbocycles. The highest BCUT2D eigenvalue weighted by Crippen LogP contribution is 2.17. The summed E-state index contributed by atoms with van der Waals surface area (Å²) in [5, 5.41) is 18.0. The van der Waals surface area contributed by atoms with Crippen molar-refractivity contribution < 1.29 is 4.79 Å². The van der Waals surface area contributed by atoms with Gasteiger partial charge >= 0.3 is 0 Å². The molecule has 0 atom stereocenters. The molecule has 0 radical (unpaired) electrons. The number of nitrogens with one attached hydrogen (secondary N) is 1. The van der Waals surface area contributed by atoms with Gasteiger partial charge in [-0.15, -0.1) is 5.10 Å². The molecule has 0 aromatic heterocycles. The number of anilines is 1. The van der Waals surface area contributed by atoms with Crippen molar-refractivity contribution in [3.63, 3.8) is 0 Å². The Morgan fingerprint density at radius 3 is 2.83 bits per heavy atom. The summed E-state index contributed by atoms with van der Waals surface area (Å²) in [5.74, 6) is 0.367. The van der Waals surface area contributed by atoms with Crippen molar-refractivity contribution >= 4 is 28.5 Å². The third kappa shape index (κ3) is 3.25. The lowest BCUT2D eigenvalue weighted by Gasteiger charge is -2.18. The Bertz CT molecular complexity index is 495. The molecule has 1 heterocycles. The topological polar surface area (TPSA) is 68.5 Å². The Labute approximate surface area is 109 Å². The number of amides is 1. The molecule has 1 fully saturated rings. The van der Waals surface area contributed by atoms with Crippen LogP contribution in [0.1, 0.15) is 6.42 Å². The normalized spacial score (nSPS) is 16.4. The quantitative estimate of drug-likeness (QED) is 0.834. The Kier molecular flexibility index (Phi) is 4.20. The first-order chi connectivity index (χ1) is 8.79. The van der Waals surface area contributed by atoms with Crippen molar-refractivity contribution in [2.45, 2.75) is 6.42 Å². The molecule has 1 aliphatic rings. The standard InChI is InChI=1S/C12H12N4OS/c13-7-4-8-16(10-5-2-1-3-6-10)15-12-14-11(17)9-18-12/h1-3,5-6H,4,8-9H2,(H,14,15,17). The number of hydrogen-bond donors (Lipinski definition) is 1. The first-order valence-electron chi connectivity index (χ1n) is 5.50. The fourth-order valence-corrected chi connectivity index (χ4v) is 2.16. The lowest BCUT2D eigenvalue weighted by atomic mass is 10.3. The third-order valence-electron chi connectivity index (χ3n) is 2.29. The summed E-state index contributed by atoms with van der Waals surface area (Å²) in [6.07, 6.45) is 0.379. The van der Waals surface area contributed by atoms with Gasteiger partial charge in [-0.1, -0.05) is 30.0 Å². The van der Waals surface area contributed by atoms with Crippen LogP contribution in [0.3, 0.4) is 0 Å². The number of carbonyl (C=O) groups excluding carboxylic acids is 1. The fraction of sp³-hybridized carbons (Fsp3) is 0.250. The van der Waals surface area contributed by atoms with Crippen LogP contribution in [-0.4, -0.2) is 23.4 Å². The van der Waals surface area contributed by atoms with Crippen LogP contribution < -0.4 is 10.3 Å². The summed E-state index contributed by atoms with van der Waals surface area (Å²) >= 11 is 1.37. The second-order valence-corrected chi connectivity index (χ2v) is 4.57. The van der Waals surface area contributed by atoms with E-state index in [0.29, 0.717) is 23.9 Å². The maximum atomic E-state index is 11.1. The highest BCUT2D eigenvalue weighted by atomic mass is 32.2. The van der Waals surface area contributed by atoms with Crippen LogP contribution >= 0.6 is 11.8 Å². The summed E-state index contributed by atoms with van der Waals surface area (Å²) < 4.78 is 0. The molecule has 0 bridgehead atoms. The number of nitrogens with zero attached hydrogens (tertiary/aromatic N) is 3. The summed E-state index contributed by atoms with van der Waals surface area (Å²) in [7, 11) is 0. The zero-order valence-electron chi connectivity index (χ0n) is 9.67. The molecule has 1 aromatic rings. The number of thioether (sulfide) groups is 1. The Morgan fingerprint density at radius 2 is 2.22 bits per heavy atom. The van der Waals surface area contributed by atoms with Crippen LogP contribution in [0, 0.1) is 11.3 Å². The van der Waals surface area contributed by atoms with Crippen molar-refractivity contribution in [3.8, 4) is 6.07 Å². The molecule has 1 saturated heterocycles. The molecule has 2 rings (SSSR count). The second-order valence-electron chi connectivity index (χ2n) is 3.61. The van der Waals surface area contributed by atoms with Crippen LogP contribution in [0.15, 0.2) is 35.4 Å². The van der Waals surface area contributed by atoms with E-state index in [2.05, 4.69) is 16.5 Å². The average Bonchev–Trinajstić information content (AvgIpc) is 2.81. The van der Waals surface area contributed by atoms with E-state index in [4.69, 9.17) is 5.26 Å². The Hall–Kier alpha value is -2.00. The van der Waals surface area contributed by atoms with E-state index in [1.54, 1.807) is 5.01 Å². The van der Waals surface area contributed by atoms with Crippen molar-refractivity contribution in [1.29, 1.82) is 5.26 Å². The molecule has 0 spiro atoms. The van der Waals surface area contributed by atoms with E-state index in [-0.39, 0.29) is 5.91 Å². The lowest BCUT2D eigenvalue weighted by molar-refractivity contribution is -0.116. The summed E-state index contributed by atoms with van der Waals surface area (Å²) in [4.78, 5) is 11.1. The number of nitriles is 1. The monoisotopic (exact) mass is 260 g/mol. The minimum absolute atomic E-state index is 0.0351. The minimum Gasteiger partial charge on any atom is -0.303 e. The highest BCUT2D eigenvalue weighted by Gasteiger charge is 2.18. The van der Waals surface area contributed by atoms with Gasteiger partial charge in [0.15, 0.2) is 5.17 Å². The van der Waals surface area contributed by atoms with Gasteiger partial charge in [-0.2, -0.15) is 5.26 Å². The number of para-hydroxylation sites is 1. The van der Waals surface area contributed by atoms with Crippen molar-refractivity contribution in [3.05, 3.63) is 30.3 Å². The van der Waals surface area contributed by atoms with E-state index in [9.17, 15) is 4.79 Å². The van der Waals surface area contributed by atoms with Gasteiger partial charge in [0.25, 0.3) is 0 Å². The van der Waals surface area contributed by atoms with Crippen molar-refractivity contribution in [2.75, 3.05) is 17.3 Å². The number of amidine groups is 1. The van der Waals surface area contributed by atoms with Crippen LogP contribution in [0.4, 0.5) is 5.69 Å². The summed E-state index contributed by atoms with van der Waals surface area (Å²) in [6, 6.07) is 11.7. The Morgan fingerprint density at radius 1 is 1.44 bits per heavy atom. The van der Waals surface area contributed by atoms with Crippen LogP contribution in [0.5, 0.6) is 0 Å². The molecule has 1 aliphatic heterocycles. The smallest absolute Gasteiger partial charge is 0.236 e. The van der Waals surface area contributed by atoms with E-state index < -0.39 is 0 Å². The van der Waals surface area contributed by atoms with Gasteiger partial charge in [0.1, 0.15) is 0 Å². The SMILES string of the molecule is N#CCCN(/N=C1/NC(=O)CS1)c1ccccc1. The molecule has 1 aromatic carbocycles.